The van der Waals surface area contributed by atoms with Gasteiger partial charge in [-0.1, -0.05) is 191 Å². The Morgan fingerprint density at radius 1 is 0.303 bits per heavy atom. The maximum Gasteiger partial charge on any atom is 0.306 e. The summed E-state index contributed by atoms with van der Waals surface area (Å²) in [5.41, 5.74) is 0. The first-order valence-electron chi connectivity index (χ1n) is 25.1. The monoisotopic (exact) mass is 905 g/mol. The molecule has 0 N–H and O–H groups in total. The Kier molecular flexibility index (Phi) is 48.2. The molecule has 6 heteroatoms. The Labute approximate surface area is 402 Å². The summed E-state index contributed by atoms with van der Waals surface area (Å²) in [6.45, 7) is 6.10. The zero-order valence-corrected chi connectivity index (χ0v) is 41.4. The maximum absolute atomic E-state index is 12.8. The molecule has 0 amide bonds. The third-order valence-corrected chi connectivity index (χ3v) is 9.46. The molecule has 0 aliphatic heterocycles. The van der Waals surface area contributed by atoms with Gasteiger partial charge in [0.05, 0.1) is 0 Å². The van der Waals surface area contributed by atoms with Crippen molar-refractivity contribution in [2.45, 2.75) is 175 Å². The molecule has 0 fully saturated rings. The number of carbonyl (C=O) groups excluding carboxylic acids is 3. The van der Waals surface area contributed by atoms with Crippen LogP contribution >= 0.6 is 0 Å². The Bertz CT molecular complexity index is 1600. The number of hydrogen-bond donors (Lipinski definition) is 0. The normalized spacial score (nSPS) is 13.6. The van der Waals surface area contributed by atoms with Gasteiger partial charge in [-0.3, -0.25) is 14.4 Å². The van der Waals surface area contributed by atoms with Crippen molar-refractivity contribution >= 4 is 17.9 Å². The average Bonchev–Trinajstić information content (AvgIpc) is 3.31. The van der Waals surface area contributed by atoms with E-state index in [0.29, 0.717) is 19.3 Å². The fraction of sp³-hybridized carbons (Fsp3) is 0.483. The summed E-state index contributed by atoms with van der Waals surface area (Å²) in [5.74, 6) is -1.15. The topological polar surface area (TPSA) is 78.9 Å². The molecule has 1 unspecified atom stereocenters. The van der Waals surface area contributed by atoms with Crippen LogP contribution in [0.1, 0.15) is 168 Å². The van der Waals surface area contributed by atoms with Crippen LogP contribution in [0.2, 0.25) is 0 Å². The van der Waals surface area contributed by atoms with Crippen molar-refractivity contribution in [3.05, 3.63) is 170 Å². The minimum Gasteiger partial charge on any atom is -0.462 e. The number of unbranched alkanes of at least 4 members (excludes halogenated alkanes) is 3. The van der Waals surface area contributed by atoms with E-state index in [4.69, 9.17) is 14.2 Å². The Morgan fingerprint density at radius 2 is 0.576 bits per heavy atom. The average molecular weight is 905 g/mol. The number of hydrogen-bond acceptors (Lipinski definition) is 6. The fourth-order valence-electron chi connectivity index (χ4n) is 5.81. The highest BCUT2D eigenvalue weighted by atomic mass is 16.6. The van der Waals surface area contributed by atoms with Gasteiger partial charge in [0.2, 0.25) is 0 Å². The van der Waals surface area contributed by atoms with E-state index >= 15 is 0 Å². The summed E-state index contributed by atoms with van der Waals surface area (Å²) >= 11 is 0. The van der Waals surface area contributed by atoms with Gasteiger partial charge >= 0.3 is 17.9 Å². The standard InChI is InChI=1S/C60H88O6/c1-4-7-10-13-16-19-22-25-27-29-30-32-33-35-38-41-44-47-50-53-59(62)65-56-57(55-64-58(61)52-49-46-43-40-37-24-21-18-15-12-9-6-3)66-60(63)54-51-48-45-42-39-36-34-31-28-26-23-20-17-14-11-8-5-2/h7-12,16-21,25-28,30,32,34-38,40,42,44-45,47,57H,4-6,13-15,22-24,29,31,33,39,41,43,46,48-56H2,1-3H3/b10-7-,11-8-,12-9-,19-16-,20-17-,21-18-,27-25-,28-26-,32-30-,36-34-,38-35-,40-37-,45-42-,47-44-. The summed E-state index contributed by atoms with van der Waals surface area (Å²) in [6, 6.07) is 0. The quantitative estimate of drug-likeness (QED) is 0.0263. The van der Waals surface area contributed by atoms with Gasteiger partial charge in [0.15, 0.2) is 6.10 Å². The lowest BCUT2D eigenvalue weighted by Crippen LogP contribution is -2.30. The molecule has 0 aromatic rings. The van der Waals surface area contributed by atoms with Crippen molar-refractivity contribution in [3.8, 4) is 0 Å². The molecule has 1 atom stereocenters. The van der Waals surface area contributed by atoms with Crippen LogP contribution in [0.4, 0.5) is 0 Å². The van der Waals surface area contributed by atoms with Crippen molar-refractivity contribution in [2.24, 2.45) is 0 Å². The molecule has 0 spiro atoms. The van der Waals surface area contributed by atoms with Crippen LogP contribution in [0.15, 0.2) is 170 Å². The molecule has 0 saturated heterocycles. The Balaban J connectivity index is 4.68. The number of carbonyl (C=O) groups is 3. The second-order valence-corrected chi connectivity index (χ2v) is 15.6. The summed E-state index contributed by atoms with van der Waals surface area (Å²) < 4.78 is 16.6. The van der Waals surface area contributed by atoms with Gasteiger partial charge in [-0.15, -0.1) is 0 Å². The minimum absolute atomic E-state index is 0.153. The lowest BCUT2D eigenvalue weighted by molar-refractivity contribution is -0.166. The molecule has 364 valence electrons. The van der Waals surface area contributed by atoms with Crippen molar-refractivity contribution < 1.29 is 28.6 Å². The predicted octanol–water partition coefficient (Wildman–Crippen LogP) is 16.8. The molecule has 0 radical (unpaired) electrons. The van der Waals surface area contributed by atoms with Crippen LogP contribution in [0, 0.1) is 0 Å². The Morgan fingerprint density at radius 3 is 0.924 bits per heavy atom. The summed E-state index contributed by atoms with van der Waals surface area (Å²) in [4.78, 5) is 37.9. The van der Waals surface area contributed by atoms with Crippen LogP contribution in [0.25, 0.3) is 0 Å². The van der Waals surface area contributed by atoms with Crippen LogP contribution in [0.3, 0.4) is 0 Å². The SMILES string of the molecule is CC/C=C\C/C=C\C/C=C\C/C=C\C/C=C\C/C=C\CCC(=O)OCC(COC(=O)CCCC/C=C\C/C=C\C/C=C\CC)OC(=O)CCC/C=C\C/C=C\C/C=C\C/C=C\C/C=C\CC. The van der Waals surface area contributed by atoms with E-state index in [2.05, 4.69) is 179 Å². The first kappa shape index (κ1) is 60.8. The van der Waals surface area contributed by atoms with E-state index in [9.17, 15) is 14.4 Å². The lowest BCUT2D eigenvalue weighted by atomic mass is 10.2. The van der Waals surface area contributed by atoms with E-state index in [1.807, 2.05) is 12.2 Å². The van der Waals surface area contributed by atoms with E-state index in [-0.39, 0.29) is 38.4 Å². The number of allylic oxidation sites excluding steroid dienone is 28. The molecular formula is C60H88O6. The van der Waals surface area contributed by atoms with E-state index in [1.54, 1.807) is 0 Å². The molecule has 0 aromatic carbocycles. The van der Waals surface area contributed by atoms with Crippen molar-refractivity contribution in [1.82, 2.24) is 0 Å². The van der Waals surface area contributed by atoms with E-state index < -0.39 is 18.0 Å². The zero-order valence-electron chi connectivity index (χ0n) is 41.4. The summed E-state index contributed by atoms with van der Waals surface area (Å²) in [7, 11) is 0. The number of rotatable bonds is 42. The second kappa shape index (κ2) is 52.4. The molecule has 66 heavy (non-hydrogen) atoms. The first-order valence-corrected chi connectivity index (χ1v) is 25.1. The molecule has 0 bridgehead atoms. The van der Waals surface area contributed by atoms with Gasteiger partial charge in [-0.25, -0.2) is 0 Å². The third-order valence-electron chi connectivity index (χ3n) is 9.46. The van der Waals surface area contributed by atoms with E-state index in [1.165, 1.54) is 0 Å². The molecule has 0 heterocycles. The second-order valence-electron chi connectivity index (χ2n) is 15.6. The third kappa shape index (κ3) is 49.8. The van der Waals surface area contributed by atoms with Gasteiger partial charge in [-0.05, 0) is 128 Å². The first-order chi connectivity index (χ1) is 32.5. The summed E-state index contributed by atoms with van der Waals surface area (Å²) in [5, 5.41) is 0. The number of esters is 3. The van der Waals surface area contributed by atoms with Crippen LogP contribution in [-0.2, 0) is 28.6 Å². The highest BCUT2D eigenvalue weighted by Crippen LogP contribution is 2.09. The van der Waals surface area contributed by atoms with Gasteiger partial charge < -0.3 is 14.2 Å². The highest BCUT2D eigenvalue weighted by Gasteiger charge is 2.19. The van der Waals surface area contributed by atoms with Crippen molar-refractivity contribution in [2.75, 3.05) is 13.2 Å². The van der Waals surface area contributed by atoms with Crippen molar-refractivity contribution in [3.63, 3.8) is 0 Å². The van der Waals surface area contributed by atoms with Gasteiger partial charge in [0.1, 0.15) is 13.2 Å². The Hall–Kier alpha value is -5.23. The van der Waals surface area contributed by atoms with Crippen LogP contribution in [0.5, 0.6) is 0 Å². The lowest BCUT2D eigenvalue weighted by Gasteiger charge is -2.18. The van der Waals surface area contributed by atoms with Crippen molar-refractivity contribution in [1.29, 1.82) is 0 Å². The molecule has 0 aliphatic rings. The fourth-order valence-corrected chi connectivity index (χ4v) is 5.81. The summed E-state index contributed by atoms with van der Waals surface area (Å²) in [6.07, 6.45) is 77.9. The zero-order chi connectivity index (χ0) is 47.9. The maximum atomic E-state index is 12.8. The number of ether oxygens (including phenoxy) is 3. The molecule has 0 aromatic heterocycles. The minimum atomic E-state index is -0.863. The smallest absolute Gasteiger partial charge is 0.306 e. The van der Waals surface area contributed by atoms with Gasteiger partial charge in [0.25, 0.3) is 0 Å². The molecule has 0 rings (SSSR count). The molecular weight excluding hydrogens is 817 g/mol. The molecule has 0 aliphatic carbocycles. The largest absolute Gasteiger partial charge is 0.462 e. The van der Waals surface area contributed by atoms with Gasteiger partial charge in [0, 0.05) is 19.3 Å². The molecule has 6 nitrogen and oxygen atoms in total. The van der Waals surface area contributed by atoms with E-state index in [0.717, 1.165) is 109 Å². The van der Waals surface area contributed by atoms with Crippen LogP contribution < -0.4 is 0 Å². The van der Waals surface area contributed by atoms with Crippen LogP contribution in [-0.4, -0.2) is 37.2 Å². The van der Waals surface area contributed by atoms with Gasteiger partial charge in [-0.2, -0.15) is 0 Å². The highest BCUT2D eigenvalue weighted by molar-refractivity contribution is 5.71. The predicted molar refractivity (Wildman–Crippen MR) is 283 cm³/mol. The molecule has 0 saturated carbocycles.